The van der Waals surface area contributed by atoms with Crippen LogP contribution in [0.5, 0.6) is 11.5 Å². The van der Waals surface area contributed by atoms with Gasteiger partial charge in [-0.1, -0.05) is 30.3 Å². The van der Waals surface area contributed by atoms with Gasteiger partial charge in [-0.25, -0.2) is 9.18 Å². The van der Waals surface area contributed by atoms with Gasteiger partial charge in [0.05, 0.1) is 12.2 Å². The Morgan fingerprint density at radius 2 is 1.86 bits per heavy atom. The molecule has 1 heterocycles. The Labute approximate surface area is 158 Å². The van der Waals surface area contributed by atoms with Crippen LogP contribution >= 0.6 is 0 Å². The van der Waals surface area contributed by atoms with Gasteiger partial charge in [0.15, 0.2) is 17.8 Å². The molecule has 0 atom stereocenters. The highest BCUT2D eigenvalue weighted by Crippen LogP contribution is 2.29. The average Bonchev–Trinajstić information content (AvgIpc) is 2.68. The maximum Gasteiger partial charge on any atom is 0.412 e. The molecule has 8 nitrogen and oxygen atoms in total. The van der Waals surface area contributed by atoms with Gasteiger partial charge in [0.1, 0.15) is 5.75 Å². The standard InChI is InChI=1S/C19H14FN3O5/c20-16-10-14(28-15-7-9-18(21-11-15)23(26)27)6-8-17(16)22(19(24)25)12-13-4-2-1-3-5-13/h1-11H,12H2,(H,24,25). The summed E-state index contributed by atoms with van der Waals surface area (Å²) in [4.78, 5) is 26.0. The summed E-state index contributed by atoms with van der Waals surface area (Å²) in [7, 11) is 0. The predicted octanol–water partition coefficient (Wildman–Crippen LogP) is 4.61. The molecule has 0 radical (unpaired) electrons. The Morgan fingerprint density at radius 3 is 2.43 bits per heavy atom. The van der Waals surface area contributed by atoms with Crippen molar-refractivity contribution in [3.63, 3.8) is 0 Å². The van der Waals surface area contributed by atoms with Crippen LogP contribution in [0.25, 0.3) is 0 Å². The summed E-state index contributed by atoms with van der Waals surface area (Å²) in [6.45, 7) is -0.0143. The first-order chi connectivity index (χ1) is 13.4. The lowest BCUT2D eigenvalue weighted by molar-refractivity contribution is -0.389. The topological polar surface area (TPSA) is 106 Å². The quantitative estimate of drug-likeness (QED) is 0.492. The zero-order valence-corrected chi connectivity index (χ0v) is 14.4. The second-order valence-corrected chi connectivity index (χ2v) is 5.68. The van der Waals surface area contributed by atoms with Gasteiger partial charge < -0.3 is 20.0 Å². The van der Waals surface area contributed by atoms with E-state index >= 15 is 0 Å². The zero-order chi connectivity index (χ0) is 20.1. The lowest BCUT2D eigenvalue weighted by Crippen LogP contribution is -2.29. The molecule has 0 spiro atoms. The fourth-order valence-electron chi connectivity index (χ4n) is 2.47. The Hall–Kier alpha value is -4.01. The molecule has 28 heavy (non-hydrogen) atoms. The molecule has 0 bridgehead atoms. The number of nitrogens with zero attached hydrogens (tertiary/aromatic N) is 3. The van der Waals surface area contributed by atoms with E-state index in [0.717, 1.165) is 23.2 Å². The summed E-state index contributed by atoms with van der Waals surface area (Å²) in [6.07, 6.45) is -0.154. The number of anilines is 1. The zero-order valence-electron chi connectivity index (χ0n) is 14.4. The monoisotopic (exact) mass is 383 g/mol. The minimum Gasteiger partial charge on any atom is -0.465 e. The molecule has 0 unspecified atom stereocenters. The predicted molar refractivity (Wildman–Crippen MR) is 98.0 cm³/mol. The summed E-state index contributed by atoms with van der Waals surface area (Å²) in [5, 5.41) is 20.1. The minimum atomic E-state index is -1.30. The fourth-order valence-corrected chi connectivity index (χ4v) is 2.47. The van der Waals surface area contributed by atoms with Crippen molar-refractivity contribution in [2.24, 2.45) is 0 Å². The molecule has 1 amide bonds. The third-order valence-electron chi connectivity index (χ3n) is 3.77. The number of hydrogen-bond acceptors (Lipinski definition) is 5. The summed E-state index contributed by atoms with van der Waals surface area (Å²) in [5.74, 6) is -0.850. The Balaban J connectivity index is 1.80. The van der Waals surface area contributed by atoms with E-state index in [4.69, 9.17) is 4.74 Å². The van der Waals surface area contributed by atoms with Crippen LogP contribution in [-0.4, -0.2) is 21.1 Å². The van der Waals surface area contributed by atoms with Crippen molar-refractivity contribution in [2.45, 2.75) is 6.54 Å². The molecule has 3 aromatic rings. The van der Waals surface area contributed by atoms with Crippen LogP contribution < -0.4 is 9.64 Å². The molecule has 0 aliphatic rings. The molecule has 1 N–H and O–H groups in total. The molecular weight excluding hydrogens is 369 g/mol. The third-order valence-corrected chi connectivity index (χ3v) is 3.77. The van der Waals surface area contributed by atoms with Gasteiger partial charge in [0, 0.05) is 12.1 Å². The number of ether oxygens (including phenoxy) is 1. The van der Waals surface area contributed by atoms with E-state index in [0.29, 0.717) is 5.56 Å². The molecule has 3 rings (SSSR count). The molecule has 142 valence electrons. The van der Waals surface area contributed by atoms with E-state index < -0.39 is 16.8 Å². The molecule has 0 fully saturated rings. The molecular formula is C19H14FN3O5. The Morgan fingerprint density at radius 1 is 1.14 bits per heavy atom. The van der Waals surface area contributed by atoms with Crippen molar-refractivity contribution < 1.29 is 24.0 Å². The number of halogens is 1. The largest absolute Gasteiger partial charge is 0.465 e. The van der Waals surface area contributed by atoms with E-state index in [1.54, 1.807) is 30.3 Å². The van der Waals surface area contributed by atoms with Crippen molar-refractivity contribution in [2.75, 3.05) is 4.90 Å². The number of carbonyl (C=O) groups is 1. The van der Waals surface area contributed by atoms with Crippen LogP contribution in [0.1, 0.15) is 5.56 Å². The Kier molecular flexibility index (Phi) is 5.45. The molecule has 2 aromatic carbocycles. The van der Waals surface area contributed by atoms with E-state index in [1.807, 2.05) is 0 Å². The van der Waals surface area contributed by atoms with Crippen LogP contribution in [0.4, 0.5) is 20.7 Å². The van der Waals surface area contributed by atoms with Crippen LogP contribution in [-0.2, 0) is 6.54 Å². The highest BCUT2D eigenvalue weighted by Gasteiger charge is 2.19. The first kappa shape index (κ1) is 18.8. The van der Waals surface area contributed by atoms with E-state index in [-0.39, 0.29) is 29.5 Å². The van der Waals surface area contributed by atoms with E-state index in [9.17, 15) is 24.4 Å². The molecule has 1 aromatic heterocycles. The number of pyridine rings is 1. The van der Waals surface area contributed by atoms with Gasteiger partial charge in [-0.05, 0) is 33.7 Å². The molecule has 0 aliphatic carbocycles. The summed E-state index contributed by atoms with van der Waals surface area (Å²) in [5.41, 5.74) is 0.590. The van der Waals surface area contributed by atoms with Gasteiger partial charge in [0.25, 0.3) is 0 Å². The SMILES string of the molecule is O=C(O)N(Cc1ccccc1)c1ccc(Oc2ccc([N+](=O)[O-])nc2)cc1F. The first-order valence-corrected chi connectivity index (χ1v) is 8.06. The van der Waals surface area contributed by atoms with Crippen molar-refractivity contribution in [3.8, 4) is 11.5 Å². The number of benzene rings is 2. The number of aromatic nitrogens is 1. The van der Waals surface area contributed by atoms with Gasteiger partial charge in [0.2, 0.25) is 0 Å². The molecule has 0 aliphatic heterocycles. The maximum atomic E-state index is 14.5. The highest BCUT2D eigenvalue weighted by atomic mass is 19.1. The van der Waals surface area contributed by atoms with Crippen molar-refractivity contribution in [1.29, 1.82) is 0 Å². The number of amides is 1. The normalized spacial score (nSPS) is 10.3. The second kappa shape index (κ2) is 8.12. The second-order valence-electron chi connectivity index (χ2n) is 5.68. The summed E-state index contributed by atoms with van der Waals surface area (Å²) < 4.78 is 20.0. The van der Waals surface area contributed by atoms with Gasteiger partial charge in [-0.15, -0.1) is 0 Å². The van der Waals surface area contributed by atoms with Crippen LogP contribution in [0.3, 0.4) is 0 Å². The molecule has 0 saturated heterocycles. The van der Waals surface area contributed by atoms with Crippen LogP contribution in [0, 0.1) is 15.9 Å². The van der Waals surface area contributed by atoms with Gasteiger partial charge >= 0.3 is 11.9 Å². The summed E-state index contributed by atoms with van der Waals surface area (Å²) in [6, 6.07) is 15.0. The number of rotatable bonds is 6. The highest BCUT2D eigenvalue weighted by molar-refractivity contribution is 5.86. The third kappa shape index (κ3) is 4.39. The number of carboxylic acid groups (broad SMARTS) is 1. The Bertz CT molecular complexity index is 996. The molecule has 9 heteroatoms. The van der Waals surface area contributed by atoms with Crippen LogP contribution in [0.2, 0.25) is 0 Å². The number of hydrogen-bond donors (Lipinski definition) is 1. The smallest absolute Gasteiger partial charge is 0.412 e. The van der Waals surface area contributed by atoms with Crippen molar-refractivity contribution in [3.05, 3.63) is 88.4 Å². The van der Waals surface area contributed by atoms with Gasteiger partial charge in [-0.3, -0.25) is 4.90 Å². The van der Waals surface area contributed by atoms with Crippen molar-refractivity contribution in [1.82, 2.24) is 4.98 Å². The van der Waals surface area contributed by atoms with E-state index in [1.165, 1.54) is 18.2 Å². The van der Waals surface area contributed by atoms with E-state index in [2.05, 4.69) is 4.98 Å². The lowest BCUT2D eigenvalue weighted by Gasteiger charge is -2.20. The maximum absolute atomic E-state index is 14.5. The lowest BCUT2D eigenvalue weighted by atomic mass is 10.2. The number of nitro groups is 1. The van der Waals surface area contributed by atoms with Gasteiger partial charge in [-0.2, -0.15) is 0 Å². The van der Waals surface area contributed by atoms with Crippen molar-refractivity contribution >= 4 is 17.6 Å². The average molecular weight is 383 g/mol. The first-order valence-electron chi connectivity index (χ1n) is 8.06. The summed E-state index contributed by atoms with van der Waals surface area (Å²) >= 11 is 0. The molecule has 0 saturated carbocycles. The fraction of sp³-hybridized carbons (Fsp3) is 0.0526. The minimum absolute atomic E-state index is 0.0143. The van der Waals surface area contributed by atoms with Crippen LogP contribution in [0.15, 0.2) is 66.9 Å².